The van der Waals surface area contributed by atoms with Gasteiger partial charge in [-0.2, -0.15) is 0 Å². The predicted octanol–water partition coefficient (Wildman–Crippen LogP) is 5.16. The lowest BCUT2D eigenvalue weighted by molar-refractivity contribution is -0.118. The number of rotatable bonds is 8. The molecule has 3 aromatic carbocycles. The molecule has 0 aliphatic heterocycles. The van der Waals surface area contributed by atoms with Gasteiger partial charge in [-0.3, -0.25) is 14.6 Å². The third-order valence-electron chi connectivity index (χ3n) is 4.95. The fraction of sp³-hybridized carbons (Fsp3) is 0.0741. The lowest BCUT2D eigenvalue weighted by Gasteiger charge is -2.09. The maximum Gasteiger partial charge on any atom is 0.262 e. The molecule has 33 heavy (non-hydrogen) atoms. The molecule has 164 valence electrons. The Morgan fingerprint density at radius 3 is 2.45 bits per heavy atom. The summed E-state index contributed by atoms with van der Waals surface area (Å²) in [4.78, 5) is 29.0. The third kappa shape index (κ3) is 5.62. The van der Waals surface area contributed by atoms with E-state index in [0.29, 0.717) is 22.5 Å². The SMILES string of the molecule is COc1ccc(/C=C/C(=O)c2ccc(NC(=O)COc3cccc4cccnc34)cc2)cc1. The Hall–Kier alpha value is -4.45. The molecule has 0 atom stereocenters. The highest BCUT2D eigenvalue weighted by Crippen LogP contribution is 2.23. The van der Waals surface area contributed by atoms with E-state index in [2.05, 4.69) is 10.3 Å². The molecular weight excluding hydrogens is 416 g/mol. The molecule has 0 radical (unpaired) electrons. The monoisotopic (exact) mass is 438 g/mol. The fourth-order valence-electron chi connectivity index (χ4n) is 3.23. The number of nitrogens with one attached hydrogen (secondary N) is 1. The summed E-state index contributed by atoms with van der Waals surface area (Å²) in [5.41, 5.74) is 2.71. The van der Waals surface area contributed by atoms with E-state index < -0.39 is 0 Å². The summed E-state index contributed by atoms with van der Waals surface area (Å²) in [5, 5.41) is 3.71. The van der Waals surface area contributed by atoms with Crippen molar-refractivity contribution in [3.8, 4) is 11.5 Å². The quantitative estimate of drug-likeness (QED) is 0.304. The molecule has 4 aromatic rings. The molecule has 0 saturated carbocycles. The van der Waals surface area contributed by atoms with Crippen molar-refractivity contribution in [2.75, 3.05) is 19.0 Å². The number of ether oxygens (including phenoxy) is 2. The Morgan fingerprint density at radius 1 is 0.939 bits per heavy atom. The summed E-state index contributed by atoms with van der Waals surface area (Å²) in [5.74, 6) is 0.875. The minimum Gasteiger partial charge on any atom is -0.497 e. The van der Waals surface area contributed by atoms with Gasteiger partial charge in [-0.1, -0.05) is 36.4 Å². The number of allylic oxidation sites excluding steroid dienone is 1. The minimum atomic E-state index is -0.304. The van der Waals surface area contributed by atoms with Gasteiger partial charge >= 0.3 is 0 Å². The molecule has 0 bridgehead atoms. The summed E-state index contributed by atoms with van der Waals surface area (Å²) in [6, 6.07) is 23.5. The summed E-state index contributed by atoms with van der Waals surface area (Å²) < 4.78 is 10.8. The molecule has 1 aromatic heterocycles. The number of hydrogen-bond donors (Lipinski definition) is 1. The Bertz CT molecular complexity index is 1290. The molecule has 1 heterocycles. The van der Waals surface area contributed by atoms with E-state index in [4.69, 9.17) is 9.47 Å². The lowest BCUT2D eigenvalue weighted by Crippen LogP contribution is -2.20. The van der Waals surface area contributed by atoms with Crippen LogP contribution in [0.4, 0.5) is 5.69 Å². The molecule has 0 unspecified atom stereocenters. The number of amides is 1. The van der Waals surface area contributed by atoms with Crippen molar-refractivity contribution in [3.05, 3.63) is 102 Å². The fourth-order valence-corrected chi connectivity index (χ4v) is 3.23. The number of nitrogens with zero attached hydrogens (tertiary/aromatic N) is 1. The molecule has 6 heteroatoms. The number of hydrogen-bond acceptors (Lipinski definition) is 5. The highest BCUT2D eigenvalue weighted by molar-refractivity contribution is 6.07. The van der Waals surface area contributed by atoms with Crippen LogP contribution in [-0.4, -0.2) is 30.4 Å². The number of aromatic nitrogens is 1. The first-order valence-electron chi connectivity index (χ1n) is 10.4. The standard InChI is InChI=1S/C27H22N2O4/c1-32-23-14-7-19(8-15-23)9-16-24(30)20-10-12-22(13-11-20)29-26(31)18-33-25-6-2-4-21-5-3-17-28-27(21)25/h2-17H,18H2,1H3,(H,29,31)/b16-9+. The molecule has 1 N–H and O–H groups in total. The van der Waals surface area contributed by atoms with Crippen molar-refractivity contribution in [2.45, 2.75) is 0 Å². The van der Waals surface area contributed by atoms with Gasteiger partial charge in [0.1, 0.15) is 17.0 Å². The van der Waals surface area contributed by atoms with Crippen molar-refractivity contribution in [1.29, 1.82) is 0 Å². The van der Waals surface area contributed by atoms with Crippen LogP contribution in [0.5, 0.6) is 11.5 Å². The zero-order valence-corrected chi connectivity index (χ0v) is 18.0. The molecule has 0 fully saturated rings. The molecule has 4 rings (SSSR count). The number of para-hydroxylation sites is 1. The average Bonchev–Trinajstić information content (AvgIpc) is 2.86. The van der Waals surface area contributed by atoms with Gasteiger partial charge in [-0.15, -0.1) is 0 Å². The first kappa shape index (κ1) is 21.8. The topological polar surface area (TPSA) is 77.5 Å². The Labute approximate surface area is 191 Å². The van der Waals surface area contributed by atoms with Crippen molar-refractivity contribution in [2.24, 2.45) is 0 Å². The van der Waals surface area contributed by atoms with Gasteiger partial charge in [0.25, 0.3) is 5.91 Å². The summed E-state index contributed by atoms with van der Waals surface area (Å²) in [6.07, 6.45) is 4.95. The average molecular weight is 438 g/mol. The van der Waals surface area contributed by atoms with Crippen LogP contribution >= 0.6 is 0 Å². The van der Waals surface area contributed by atoms with Crippen LogP contribution < -0.4 is 14.8 Å². The second-order valence-electron chi connectivity index (χ2n) is 7.22. The van der Waals surface area contributed by atoms with Crippen molar-refractivity contribution in [3.63, 3.8) is 0 Å². The van der Waals surface area contributed by atoms with E-state index >= 15 is 0 Å². The van der Waals surface area contributed by atoms with E-state index in [-0.39, 0.29) is 18.3 Å². The Balaban J connectivity index is 1.32. The third-order valence-corrected chi connectivity index (χ3v) is 4.95. The maximum atomic E-state index is 12.4. The van der Waals surface area contributed by atoms with Gasteiger partial charge in [0.15, 0.2) is 12.4 Å². The normalized spacial score (nSPS) is 10.8. The Morgan fingerprint density at radius 2 is 1.70 bits per heavy atom. The second-order valence-corrected chi connectivity index (χ2v) is 7.22. The molecule has 0 aliphatic rings. The van der Waals surface area contributed by atoms with Gasteiger partial charge in [-0.05, 0) is 60.2 Å². The number of methoxy groups -OCH3 is 1. The molecule has 0 spiro atoms. The highest BCUT2D eigenvalue weighted by Gasteiger charge is 2.08. The number of ketones is 1. The Kier molecular flexibility index (Phi) is 6.75. The largest absolute Gasteiger partial charge is 0.497 e. The van der Waals surface area contributed by atoms with Gasteiger partial charge in [0.05, 0.1) is 7.11 Å². The van der Waals surface area contributed by atoms with Gasteiger partial charge in [-0.25, -0.2) is 0 Å². The molecule has 0 saturated heterocycles. The molecule has 0 aliphatic carbocycles. The summed E-state index contributed by atoms with van der Waals surface area (Å²) >= 11 is 0. The van der Waals surface area contributed by atoms with Gasteiger partial charge < -0.3 is 14.8 Å². The van der Waals surface area contributed by atoms with Crippen LogP contribution in [0, 0.1) is 0 Å². The van der Waals surface area contributed by atoms with E-state index in [0.717, 1.165) is 16.7 Å². The number of benzene rings is 3. The summed E-state index contributed by atoms with van der Waals surface area (Å²) in [7, 11) is 1.61. The predicted molar refractivity (Wildman–Crippen MR) is 129 cm³/mol. The number of fused-ring (bicyclic) bond motifs is 1. The highest BCUT2D eigenvalue weighted by atomic mass is 16.5. The van der Waals surface area contributed by atoms with E-state index in [9.17, 15) is 9.59 Å². The first-order chi connectivity index (χ1) is 16.1. The number of anilines is 1. The van der Waals surface area contributed by atoms with Crippen LogP contribution in [0.15, 0.2) is 91.1 Å². The van der Waals surface area contributed by atoms with Crippen LogP contribution in [0.25, 0.3) is 17.0 Å². The first-order valence-corrected chi connectivity index (χ1v) is 10.4. The summed E-state index contributed by atoms with van der Waals surface area (Å²) in [6.45, 7) is -0.152. The van der Waals surface area contributed by atoms with E-state index in [1.165, 1.54) is 6.08 Å². The van der Waals surface area contributed by atoms with Crippen molar-refractivity contribution >= 4 is 34.4 Å². The molecule has 1 amide bonds. The smallest absolute Gasteiger partial charge is 0.262 e. The van der Waals surface area contributed by atoms with Crippen LogP contribution in [0.1, 0.15) is 15.9 Å². The van der Waals surface area contributed by atoms with Crippen molar-refractivity contribution < 1.29 is 19.1 Å². The van der Waals surface area contributed by atoms with Crippen molar-refractivity contribution in [1.82, 2.24) is 4.98 Å². The second kappa shape index (κ2) is 10.2. The molecule has 6 nitrogen and oxygen atoms in total. The number of carbonyl (C=O) groups is 2. The zero-order chi connectivity index (χ0) is 23.0. The van der Waals surface area contributed by atoms with E-state index in [1.807, 2.05) is 48.5 Å². The molecular formula is C27H22N2O4. The minimum absolute atomic E-state index is 0.129. The van der Waals surface area contributed by atoms with Crippen LogP contribution in [0.2, 0.25) is 0 Å². The lowest BCUT2D eigenvalue weighted by atomic mass is 10.1. The van der Waals surface area contributed by atoms with E-state index in [1.54, 1.807) is 49.7 Å². The number of carbonyl (C=O) groups excluding carboxylic acids is 2. The maximum absolute atomic E-state index is 12.4. The van der Waals surface area contributed by atoms with Crippen LogP contribution in [-0.2, 0) is 4.79 Å². The van der Waals surface area contributed by atoms with Crippen LogP contribution in [0.3, 0.4) is 0 Å². The number of pyridine rings is 1. The van der Waals surface area contributed by atoms with Gasteiger partial charge in [0.2, 0.25) is 0 Å². The zero-order valence-electron chi connectivity index (χ0n) is 18.0. The van der Waals surface area contributed by atoms with Gasteiger partial charge in [0, 0.05) is 22.8 Å².